The third-order valence-electron chi connectivity index (χ3n) is 4.85. The van der Waals surface area contributed by atoms with Crippen LogP contribution in [-0.2, 0) is 6.18 Å². The molecule has 1 N–H and O–H groups in total. The second-order valence-electron chi connectivity index (χ2n) is 7.17. The first-order valence-corrected chi connectivity index (χ1v) is 10.5. The van der Waals surface area contributed by atoms with Crippen LogP contribution in [0.25, 0.3) is 11.1 Å². The maximum Gasteiger partial charge on any atom is 0.416 e. The number of hydrogen-bond donors (Lipinski definition) is 1. The van der Waals surface area contributed by atoms with Gasteiger partial charge in [0.15, 0.2) is 0 Å². The maximum atomic E-state index is 12.9. The standard InChI is InChI=1S/C23H29ClF3N/c1-2-3-4-5-6-7-8-9-16-28-20-13-10-18(11-14-20)21-17-19(23(25,26)27)12-15-22(21)24/h10-15,17,28H,2-9,16H2,1H3. The summed E-state index contributed by atoms with van der Waals surface area (Å²) in [7, 11) is 0. The van der Waals surface area contributed by atoms with Gasteiger partial charge in [-0.05, 0) is 42.3 Å². The van der Waals surface area contributed by atoms with E-state index in [1.165, 1.54) is 51.0 Å². The van der Waals surface area contributed by atoms with Crippen molar-refractivity contribution < 1.29 is 13.2 Å². The molecule has 0 atom stereocenters. The van der Waals surface area contributed by atoms with Gasteiger partial charge in [0.25, 0.3) is 0 Å². The fourth-order valence-corrected chi connectivity index (χ4v) is 3.41. The average molecular weight is 412 g/mol. The van der Waals surface area contributed by atoms with Crippen molar-refractivity contribution in [1.82, 2.24) is 0 Å². The molecule has 2 aromatic carbocycles. The van der Waals surface area contributed by atoms with Crippen LogP contribution < -0.4 is 5.32 Å². The van der Waals surface area contributed by atoms with Crippen LogP contribution in [0.2, 0.25) is 5.02 Å². The molecule has 1 nitrogen and oxygen atoms in total. The van der Waals surface area contributed by atoms with E-state index in [2.05, 4.69) is 12.2 Å². The Bertz CT molecular complexity index is 711. The first-order valence-electron chi connectivity index (χ1n) is 10.1. The van der Waals surface area contributed by atoms with Crippen molar-refractivity contribution >= 4 is 17.3 Å². The van der Waals surface area contributed by atoms with E-state index in [9.17, 15) is 13.2 Å². The van der Waals surface area contributed by atoms with E-state index >= 15 is 0 Å². The third kappa shape index (κ3) is 7.38. The highest BCUT2D eigenvalue weighted by Crippen LogP contribution is 2.36. The molecule has 0 saturated heterocycles. The van der Waals surface area contributed by atoms with Gasteiger partial charge in [-0.25, -0.2) is 0 Å². The maximum absolute atomic E-state index is 12.9. The molecule has 28 heavy (non-hydrogen) atoms. The van der Waals surface area contributed by atoms with Crippen molar-refractivity contribution in [3.05, 3.63) is 53.1 Å². The lowest BCUT2D eigenvalue weighted by molar-refractivity contribution is -0.137. The molecule has 0 amide bonds. The smallest absolute Gasteiger partial charge is 0.385 e. The van der Waals surface area contributed by atoms with Crippen molar-refractivity contribution in [3.63, 3.8) is 0 Å². The molecule has 0 saturated carbocycles. The van der Waals surface area contributed by atoms with Gasteiger partial charge in [0.2, 0.25) is 0 Å². The number of unbranched alkanes of at least 4 members (excludes halogenated alkanes) is 7. The highest BCUT2D eigenvalue weighted by Gasteiger charge is 2.31. The molecular formula is C23H29ClF3N. The zero-order valence-electron chi connectivity index (χ0n) is 16.4. The largest absolute Gasteiger partial charge is 0.416 e. The van der Waals surface area contributed by atoms with Gasteiger partial charge in [0.1, 0.15) is 0 Å². The fraction of sp³-hybridized carbons (Fsp3) is 0.478. The van der Waals surface area contributed by atoms with Gasteiger partial charge in [-0.2, -0.15) is 13.2 Å². The topological polar surface area (TPSA) is 12.0 Å². The number of alkyl halides is 3. The molecule has 0 bridgehead atoms. The molecule has 0 aliphatic rings. The SMILES string of the molecule is CCCCCCCCCCNc1ccc(-c2cc(C(F)(F)F)ccc2Cl)cc1. The minimum atomic E-state index is -4.38. The van der Waals surface area contributed by atoms with E-state index in [4.69, 9.17) is 11.6 Å². The van der Waals surface area contributed by atoms with Crippen LogP contribution in [-0.4, -0.2) is 6.54 Å². The van der Waals surface area contributed by atoms with Crippen LogP contribution in [0.15, 0.2) is 42.5 Å². The second-order valence-corrected chi connectivity index (χ2v) is 7.58. The summed E-state index contributed by atoms with van der Waals surface area (Å²) < 4.78 is 38.8. The van der Waals surface area contributed by atoms with E-state index in [1.807, 2.05) is 12.1 Å². The van der Waals surface area contributed by atoms with E-state index < -0.39 is 11.7 Å². The summed E-state index contributed by atoms with van der Waals surface area (Å²) in [5.41, 5.74) is 1.35. The summed E-state index contributed by atoms with van der Waals surface area (Å²) in [6.45, 7) is 3.13. The Morgan fingerprint density at radius 3 is 2.04 bits per heavy atom. The molecule has 0 spiro atoms. The highest BCUT2D eigenvalue weighted by atomic mass is 35.5. The molecule has 2 rings (SSSR count). The summed E-state index contributed by atoms with van der Waals surface area (Å²) in [6.07, 6.45) is 5.84. The Hall–Kier alpha value is -1.68. The van der Waals surface area contributed by atoms with E-state index in [1.54, 1.807) is 12.1 Å². The zero-order valence-corrected chi connectivity index (χ0v) is 17.2. The normalized spacial score (nSPS) is 11.6. The number of rotatable bonds is 11. The number of benzene rings is 2. The molecule has 0 fully saturated rings. The Labute approximate surface area is 171 Å². The highest BCUT2D eigenvalue weighted by molar-refractivity contribution is 6.33. The summed E-state index contributed by atoms with van der Waals surface area (Å²) in [6, 6.07) is 10.8. The summed E-state index contributed by atoms with van der Waals surface area (Å²) in [5, 5.41) is 3.68. The van der Waals surface area contributed by atoms with E-state index in [0.29, 0.717) is 16.1 Å². The molecule has 0 aliphatic heterocycles. The van der Waals surface area contributed by atoms with Crippen LogP contribution in [0, 0.1) is 0 Å². The van der Waals surface area contributed by atoms with E-state index in [0.717, 1.165) is 30.8 Å². The average Bonchev–Trinajstić information content (AvgIpc) is 2.67. The lowest BCUT2D eigenvalue weighted by Crippen LogP contribution is -2.04. The van der Waals surface area contributed by atoms with Gasteiger partial charge >= 0.3 is 6.18 Å². The fourth-order valence-electron chi connectivity index (χ4n) is 3.18. The van der Waals surface area contributed by atoms with Crippen LogP contribution in [0.3, 0.4) is 0 Å². The quantitative estimate of drug-likeness (QED) is 0.365. The Morgan fingerprint density at radius 1 is 0.821 bits per heavy atom. The predicted molar refractivity (Wildman–Crippen MR) is 113 cm³/mol. The van der Waals surface area contributed by atoms with Crippen molar-refractivity contribution in [1.29, 1.82) is 0 Å². The third-order valence-corrected chi connectivity index (χ3v) is 5.18. The van der Waals surface area contributed by atoms with Gasteiger partial charge in [0, 0.05) is 22.8 Å². The van der Waals surface area contributed by atoms with Gasteiger partial charge in [-0.1, -0.05) is 75.6 Å². The summed E-state index contributed by atoms with van der Waals surface area (Å²) in [4.78, 5) is 0. The van der Waals surface area contributed by atoms with Gasteiger partial charge in [-0.3, -0.25) is 0 Å². The molecule has 0 radical (unpaired) electrons. The number of nitrogens with one attached hydrogen (secondary N) is 1. The van der Waals surface area contributed by atoms with Crippen molar-refractivity contribution in [2.24, 2.45) is 0 Å². The molecule has 0 heterocycles. The molecule has 0 aromatic heterocycles. The van der Waals surface area contributed by atoms with Gasteiger partial charge < -0.3 is 5.32 Å². The Balaban J connectivity index is 1.81. The number of halogens is 4. The summed E-state index contributed by atoms with van der Waals surface area (Å²) in [5.74, 6) is 0. The monoisotopic (exact) mass is 411 g/mol. The molecular weight excluding hydrogens is 383 g/mol. The molecule has 0 aliphatic carbocycles. The van der Waals surface area contributed by atoms with Gasteiger partial charge in [-0.15, -0.1) is 0 Å². The second kappa shape index (κ2) is 11.4. The van der Waals surface area contributed by atoms with Crippen LogP contribution >= 0.6 is 11.6 Å². The minimum absolute atomic E-state index is 0.313. The van der Waals surface area contributed by atoms with Crippen molar-refractivity contribution in [2.45, 2.75) is 64.5 Å². The predicted octanol–water partition coefficient (Wildman–Crippen LogP) is 8.58. The minimum Gasteiger partial charge on any atom is -0.385 e. The first-order chi connectivity index (χ1) is 13.4. The lowest BCUT2D eigenvalue weighted by Gasteiger charge is -2.12. The number of hydrogen-bond acceptors (Lipinski definition) is 1. The Morgan fingerprint density at radius 2 is 1.43 bits per heavy atom. The summed E-state index contributed by atoms with van der Waals surface area (Å²) >= 11 is 6.11. The van der Waals surface area contributed by atoms with Crippen molar-refractivity contribution in [2.75, 3.05) is 11.9 Å². The van der Waals surface area contributed by atoms with Crippen LogP contribution in [0.4, 0.5) is 18.9 Å². The molecule has 0 unspecified atom stereocenters. The van der Waals surface area contributed by atoms with E-state index in [-0.39, 0.29) is 0 Å². The molecule has 154 valence electrons. The van der Waals surface area contributed by atoms with Crippen LogP contribution in [0.1, 0.15) is 63.9 Å². The number of anilines is 1. The Kier molecular flexibility index (Phi) is 9.17. The lowest BCUT2D eigenvalue weighted by atomic mass is 10.0. The molecule has 5 heteroatoms. The van der Waals surface area contributed by atoms with Crippen molar-refractivity contribution in [3.8, 4) is 11.1 Å². The molecule has 2 aromatic rings. The van der Waals surface area contributed by atoms with Gasteiger partial charge in [0.05, 0.1) is 5.56 Å². The zero-order chi connectivity index (χ0) is 20.4. The first kappa shape index (κ1) is 22.6. The van der Waals surface area contributed by atoms with Crippen LogP contribution in [0.5, 0.6) is 0 Å².